The highest BCUT2D eigenvalue weighted by molar-refractivity contribution is 7.90. The van der Waals surface area contributed by atoms with Gasteiger partial charge in [-0.3, -0.25) is 19.1 Å². The highest BCUT2D eigenvalue weighted by Crippen LogP contribution is 2.41. The quantitative estimate of drug-likeness (QED) is 0.0730. The number of furan rings is 2. The molecule has 17 heteroatoms. The molecule has 0 radical (unpaired) electrons. The van der Waals surface area contributed by atoms with Gasteiger partial charge in [0.2, 0.25) is 33.3 Å². The van der Waals surface area contributed by atoms with Crippen molar-refractivity contribution in [3.63, 3.8) is 0 Å². The van der Waals surface area contributed by atoms with Gasteiger partial charge in [-0.1, -0.05) is 57.9 Å². The highest BCUT2D eigenvalue weighted by Gasteiger charge is 2.45. The molecule has 0 unspecified atom stereocenters. The molecule has 1 aliphatic heterocycles. The van der Waals surface area contributed by atoms with Gasteiger partial charge in [-0.15, -0.1) is 0 Å². The molecule has 4 N–H and O–H groups in total. The van der Waals surface area contributed by atoms with Gasteiger partial charge in [0.15, 0.2) is 5.82 Å². The van der Waals surface area contributed by atoms with Gasteiger partial charge in [-0.05, 0) is 95.2 Å². The molecule has 4 aliphatic rings. The van der Waals surface area contributed by atoms with E-state index >= 15 is 0 Å². The van der Waals surface area contributed by atoms with Crippen LogP contribution in [0.15, 0.2) is 51.3 Å². The normalized spacial score (nSPS) is 22.2. The minimum absolute atomic E-state index is 0.000247. The average molecular weight is 887 g/mol. The highest BCUT2D eigenvalue weighted by atomic mass is 32.2. The molecule has 3 aromatic heterocycles. The summed E-state index contributed by atoms with van der Waals surface area (Å²) < 4.78 is 51.2. The minimum Gasteiger partial charge on any atom is -0.470 e. The van der Waals surface area contributed by atoms with Gasteiger partial charge in [0.1, 0.15) is 46.9 Å². The van der Waals surface area contributed by atoms with E-state index in [0.29, 0.717) is 65.9 Å². The third kappa shape index (κ3) is 10.2. The number of carbonyl (C=O) groups excluding carboxylic acids is 4. The Morgan fingerprint density at radius 3 is 2.48 bits per heavy atom. The lowest BCUT2D eigenvalue weighted by molar-refractivity contribution is -0.139. The molecule has 0 spiro atoms. The Kier molecular flexibility index (Phi) is 12.6. The van der Waals surface area contributed by atoms with Crippen molar-refractivity contribution in [1.82, 2.24) is 24.9 Å². The van der Waals surface area contributed by atoms with Crippen LogP contribution in [0.25, 0.3) is 33.5 Å². The summed E-state index contributed by atoms with van der Waals surface area (Å²) in [6.45, 7) is 8.03. The lowest BCUT2D eigenvalue weighted by atomic mass is 9.93. The van der Waals surface area contributed by atoms with E-state index in [4.69, 9.17) is 34.0 Å². The van der Waals surface area contributed by atoms with Crippen LogP contribution in [-0.2, 0) is 34.6 Å². The van der Waals surface area contributed by atoms with Crippen LogP contribution in [0.3, 0.4) is 0 Å². The zero-order valence-electron chi connectivity index (χ0n) is 36.4. The predicted molar refractivity (Wildman–Crippen MR) is 234 cm³/mol. The van der Waals surface area contributed by atoms with Gasteiger partial charge in [0.05, 0.1) is 17.4 Å². The third-order valence-corrected chi connectivity index (χ3v) is 14.4. The molecule has 16 nitrogen and oxygen atoms in total. The van der Waals surface area contributed by atoms with E-state index in [9.17, 15) is 27.6 Å². The van der Waals surface area contributed by atoms with Crippen LogP contribution in [0.5, 0.6) is 5.88 Å². The van der Waals surface area contributed by atoms with E-state index in [2.05, 4.69) is 30.8 Å². The first kappa shape index (κ1) is 44.2. The Balaban J connectivity index is 0.942. The number of primary amides is 1. The number of hydrogen-bond donors (Lipinski definition) is 3. The molecule has 4 fully saturated rings. The number of carbonyl (C=O) groups is 4. The van der Waals surface area contributed by atoms with Crippen LogP contribution < -0.4 is 20.5 Å². The number of nitrogens with zero attached hydrogens (tertiary/aromatic N) is 3. The SMILES string of the molecule is Cc1oc(C(C)(C)C)cc1-c1nc(O[C@@H]2C[C@@H](C(N)=O)N(C(=O)[C@H](CCCCC/C=C\[C@@H]3C[C@@H]3C(=O)NS(=O)(=O)C3CC3)NC(=O)OC3CCCC3)C2)c2oc3ccccc3c2n1. The summed E-state index contributed by atoms with van der Waals surface area (Å²) in [5.74, 6) is 0.0458. The molecule has 4 heterocycles. The Morgan fingerprint density at radius 2 is 1.76 bits per heavy atom. The third-order valence-electron chi connectivity index (χ3n) is 12.5. The number of amides is 4. The van der Waals surface area contributed by atoms with Crippen LogP contribution in [0.1, 0.15) is 116 Å². The predicted octanol–water partition coefficient (Wildman–Crippen LogP) is 6.86. The lowest BCUT2D eigenvalue weighted by Gasteiger charge is -2.28. The van der Waals surface area contributed by atoms with Gasteiger partial charge in [-0.2, -0.15) is 4.98 Å². The number of alkyl carbamates (subject to hydrolysis) is 1. The summed E-state index contributed by atoms with van der Waals surface area (Å²) in [5, 5.41) is 3.14. The molecule has 4 aromatic rings. The minimum atomic E-state index is -3.56. The molecule has 3 saturated carbocycles. The van der Waals surface area contributed by atoms with Crippen molar-refractivity contribution >= 4 is 55.9 Å². The van der Waals surface area contributed by atoms with Crippen molar-refractivity contribution in [1.29, 1.82) is 0 Å². The molecule has 5 atom stereocenters. The van der Waals surface area contributed by atoms with E-state index in [1.807, 2.05) is 49.4 Å². The number of likely N-dealkylation sites (tertiary alicyclic amines) is 1. The number of aromatic nitrogens is 2. The topological polar surface area (TPSA) is 226 Å². The second-order valence-corrected chi connectivity index (χ2v) is 20.6. The number of ether oxygens (including phenoxy) is 2. The van der Waals surface area contributed by atoms with Crippen molar-refractivity contribution in [2.24, 2.45) is 17.6 Å². The maximum Gasteiger partial charge on any atom is 0.408 e. The number of unbranched alkanes of at least 4 members (excludes halogenated alkanes) is 3. The maximum atomic E-state index is 14.4. The molecule has 4 amide bonds. The number of benzene rings is 1. The molecular formula is C46H58N6O10S. The first-order valence-electron chi connectivity index (χ1n) is 22.3. The fraction of sp³-hybridized carbons (Fsp3) is 0.565. The van der Waals surface area contributed by atoms with Crippen LogP contribution in [0.2, 0.25) is 0 Å². The van der Waals surface area contributed by atoms with Gasteiger partial charge in [0, 0.05) is 23.1 Å². The fourth-order valence-electron chi connectivity index (χ4n) is 8.65. The van der Waals surface area contributed by atoms with Gasteiger partial charge < -0.3 is 34.3 Å². The van der Waals surface area contributed by atoms with Crippen molar-refractivity contribution in [2.75, 3.05) is 6.54 Å². The van der Waals surface area contributed by atoms with Gasteiger partial charge >= 0.3 is 6.09 Å². The Bertz CT molecular complexity index is 2510. The number of para-hydroxylation sites is 1. The van der Waals surface area contributed by atoms with E-state index in [1.54, 1.807) is 0 Å². The summed E-state index contributed by atoms with van der Waals surface area (Å²) in [6.07, 6.45) is 10.9. The van der Waals surface area contributed by atoms with Crippen molar-refractivity contribution in [3.05, 3.63) is 54.0 Å². The number of nitrogens with one attached hydrogen (secondary N) is 2. The summed E-state index contributed by atoms with van der Waals surface area (Å²) in [7, 11) is -3.56. The second-order valence-electron chi connectivity index (χ2n) is 18.6. The summed E-state index contributed by atoms with van der Waals surface area (Å²) in [6, 6.07) is 7.43. The summed E-state index contributed by atoms with van der Waals surface area (Å²) in [4.78, 5) is 64.2. The Labute approximate surface area is 367 Å². The molecular weight excluding hydrogens is 829 g/mol. The molecule has 3 aliphatic carbocycles. The average Bonchev–Trinajstić information content (AvgIpc) is 4.02. The zero-order chi connectivity index (χ0) is 44.6. The Morgan fingerprint density at radius 1 is 1.00 bits per heavy atom. The molecule has 63 heavy (non-hydrogen) atoms. The second kappa shape index (κ2) is 18.0. The lowest BCUT2D eigenvalue weighted by Crippen LogP contribution is -2.53. The molecule has 1 saturated heterocycles. The van der Waals surface area contributed by atoms with E-state index in [1.165, 1.54) is 4.90 Å². The molecule has 0 bridgehead atoms. The molecule has 338 valence electrons. The number of fused-ring (bicyclic) bond motifs is 3. The zero-order valence-corrected chi connectivity index (χ0v) is 37.2. The number of sulfonamides is 1. The van der Waals surface area contributed by atoms with Gasteiger partial charge in [0.25, 0.3) is 5.88 Å². The largest absolute Gasteiger partial charge is 0.470 e. The van der Waals surface area contributed by atoms with Crippen molar-refractivity contribution < 1.29 is 45.9 Å². The molecule has 8 rings (SSSR count). The number of aryl methyl sites for hydroxylation is 1. The summed E-state index contributed by atoms with van der Waals surface area (Å²) >= 11 is 0. The van der Waals surface area contributed by atoms with Crippen LogP contribution in [-0.4, -0.2) is 83.2 Å². The maximum absolute atomic E-state index is 14.4. The number of nitrogens with two attached hydrogens (primary N) is 1. The van der Waals surface area contributed by atoms with E-state index in [-0.39, 0.29) is 42.2 Å². The Hall–Kier alpha value is -5.45. The fourth-order valence-corrected chi connectivity index (χ4v) is 10.0. The summed E-state index contributed by atoms with van der Waals surface area (Å²) in [5.41, 5.74) is 7.83. The number of allylic oxidation sites excluding steroid dienone is 2. The first-order valence-corrected chi connectivity index (χ1v) is 23.9. The first-order chi connectivity index (χ1) is 30.1. The number of hydrogen-bond acceptors (Lipinski definition) is 12. The standard InChI is InChI=1S/C46H58N6O10S/c1-26-32(24-37(59-26)46(2,3)4)41-49-38-31-17-12-13-19-36(31)62-39(38)43(50-41)60-29-23-35(40(47)53)52(25-29)44(55)34(48-45(56)61-28-15-10-11-16-28)18-9-7-5-6-8-14-27-22-33(27)42(54)51-63(57,58)30-20-21-30/h8,12-14,17,19,24,27-30,33-35H,5-7,9-11,15-16,18,20-23,25H2,1-4H3,(H2,47,53)(H,48,56)(H,51,54)/b14-8-/t27-,29-,33+,34+,35+/m1/s1. The van der Waals surface area contributed by atoms with Gasteiger partial charge in [-0.25, -0.2) is 18.2 Å². The van der Waals surface area contributed by atoms with Crippen LogP contribution in [0, 0.1) is 18.8 Å². The monoisotopic (exact) mass is 886 g/mol. The van der Waals surface area contributed by atoms with E-state index < -0.39 is 57.3 Å². The number of rotatable bonds is 17. The van der Waals surface area contributed by atoms with Crippen LogP contribution >= 0.6 is 0 Å². The van der Waals surface area contributed by atoms with E-state index in [0.717, 1.165) is 56.1 Å². The smallest absolute Gasteiger partial charge is 0.408 e. The van der Waals surface area contributed by atoms with Crippen molar-refractivity contribution in [3.8, 4) is 17.3 Å². The van der Waals surface area contributed by atoms with Crippen LogP contribution in [0.4, 0.5) is 4.79 Å². The molecule has 1 aromatic carbocycles. The van der Waals surface area contributed by atoms with Crippen molar-refractivity contribution in [2.45, 2.75) is 146 Å².